The van der Waals surface area contributed by atoms with Crippen LogP contribution in [0.3, 0.4) is 0 Å². The van der Waals surface area contributed by atoms with E-state index in [9.17, 15) is 14.7 Å². The zero-order chi connectivity index (χ0) is 22.1. The summed E-state index contributed by atoms with van der Waals surface area (Å²) >= 11 is 3.36. The number of ketones is 1. The van der Waals surface area contributed by atoms with Gasteiger partial charge < -0.3 is 14.6 Å². The SMILES string of the molecule is CCOc1cc(C2CC(=O)N=C3CC(c4ccc(OC)cc4)CC(=O)C32)cc(Br)c1O. The van der Waals surface area contributed by atoms with Gasteiger partial charge in [0.05, 0.1) is 24.1 Å². The summed E-state index contributed by atoms with van der Waals surface area (Å²) in [6.45, 7) is 2.23. The predicted molar refractivity (Wildman–Crippen MR) is 120 cm³/mol. The summed E-state index contributed by atoms with van der Waals surface area (Å²) in [5, 5.41) is 10.2. The number of rotatable bonds is 5. The fraction of sp³-hybridized carbons (Fsp3) is 0.375. The quantitative estimate of drug-likeness (QED) is 0.658. The molecule has 2 aromatic rings. The fourth-order valence-corrected chi connectivity index (χ4v) is 5.05. The van der Waals surface area contributed by atoms with Gasteiger partial charge in [0.15, 0.2) is 11.5 Å². The molecular formula is C24H24BrNO5. The highest BCUT2D eigenvalue weighted by Gasteiger charge is 2.43. The first kappa shape index (κ1) is 21.6. The molecule has 0 spiro atoms. The number of phenolic OH excluding ortho intramolecular Hbond substituents is 1. The molecule has 0 aromatic heterocycles. The molecule has 4 rings (SSSR count). The molecule has 3 unspecified atom stereocenters. The standard InChI is InChI=1S/C24H24BrNO5/c1-3-31-21-11-15(8-18(25)24(21)29)17-12-22(28)26-19-9-14(10-20(27)23(17)19)13-4-6-16(30-2)7-5-13/h4-8,11,14,17,23,29H,3,9-10,12H2,1-2H3. The molecule has 2 aliphatic rings. The van der Waals surface area contributed by atoms with Crippen molar-refractivity contribution in [2.75, 3.05) is 13.7 Å². The largest absolute Gasteiger partial charge is 0.503 e. The van der Waals surface area contributed by atoms with Gasteiger partial charge >= 0.3 is 0 Å². The number of amides is 1. The van der Waals surface area contributed by atoms with Crippen LogP contribution in [-0.2, 0) is 9.59 Å². The Hall–Kier alpha value is -2.67. The molecule has 7 heteroatoms. The van der Waals surface area contributed by atoms with Gasteiger partial charge in [0.25, 0.3) is 0 Å². The Morgan fingerprint density at radius 1 is 1.10 bits per heavy atom. The second-order valence-electron chi connectivity index (χ2n) is 7.91. The predicted octanol–water partition coefficient (Wildman–Crippen LogP) is 4.78. The molecule has 1 aliphatic carbocycles. The first-order chi connectivity index (χ1) is 14.9. The highest BCUT2D eigenvalue weighted by Crippen LogP contribution is 2.45. The summed E-state index contributed by atoms with van der Waals surface area (Å²) < 4.78 is 11.2. The van der Waals surface area contributed by atoms with E-state index in [-0.39, 0.29) is 35.7 Å². The van der Waals surface area contributed by atoms with E-state index in [1.54, 1.807) is 19.2 Å². The molecule has 0 saturated heterocycles. The Kier molecular flexibility index (Phi) is 6.14. The summed E-state index contributed by atoms with van der Waals surface area (Å²) in [6.07, 6.45) is 1.14. The molecule has 1 amide bonds. The summed E-state index contributed by atoms with van der Waals surface area (Å²) in [7, 11) is 1.62. The van der Waals surface area contributed by atoms with Crippen LogP contribution in [0, 0.1) is 5.92 Å². The minimum absolute atomic E-state index is 0.00880. The number of hydrogen-bond acceptors (Lipinski definition) is 5. The van der Waals surface area contributed by atoms with Gasteiger partial charge in [-0.15, -0.1) is 0 Å². The third-order valence-corrected chi connectivity index (χ3v) is 6.64. The number of carbonyl (C=O) groups is 2. The molecule has 1 N–H and O–H groups in total. The van der Waals surface area contributed by atoms with E-state index in [2.05, 4.69) is 20.9 Å². The number of aliphatic imine (C=N–C) groups is 1. The van der Waals surface area contributed by atoms with Crippen molar-refractivity contribution < 1.29 is 24.2 Å². The van der Waals surface area contributed by atoms with Crippen molar-refractivity contribution in [1.82, 2.24) is 0 Å². The van der Waals surface area contributed by atoms with Crippen molar-refractivity contribution in [3.05, 3.63) is 52.0 Å². The van der Waals surface area contributed by atoms with Gasteiger partial charge in [0.1, 0.15) is 11.5 Å². The van der Waals surface area contributed by atoms with Crippen molar-refractivity contribution in [2.45, 2.75) is 38.0 Å². The summed E-state index contributed by atoms with van der Waals surface area (Å²) in [4.78, 5) is 30.0. The van der Waals surface area contributed by atoms with Crippen molar-refractivity contribution in [1.29, 1.82) is 0 Å². The monoisotopic (exact) mass is 485 g/mol. The minimum Gasteiger partial charge on any atom is -0.503 e. The number of fused-ring (bicyclic) bond motifs is 1. The molecule has 1 aliphatic heterocycles. The average Bonchev–Trinajstić information content (AvgIpc) is 2.76. The fourth-order valence-electron chi connectivity index (χ4n) is 4.59. The Bertz CT molecular complexity index is 1050. The first-order valence-electron chi connectivity index (χ1n) is 10.3. The van der Waals surface area contributed by atoms with Gasteiger partial charge in [-0.2, -0.15) is 0 Å². The van der Waals surface area contributed by atoms with E-state index in [1.165, 1.54) is 0 Å². The number of phenols is 1. The number of halogens is 1. The van der Waals surface area contributed by atoms with E-state index in [1.807, 2.05) is 31.2 Å². The number of nitrogens with zero attached hydrogens (tertiary/aromatic N) is 1. The minimum atomic E-state index is -0.432. The van der Waals surface area contributed by atoms with Crippen molar-refractivity contribution >= 4 is 33.3 Å². The number of benzene rings is 2. The van der Waals surface area contributed by atoms with Crippen LogP contribution in [-0.4, -0.2) is 36.2 Å². The molecule has 1 saturated carbocycles. The number of aromatic hydroxyl groups is 1. The molecule has 1 heterocycles. The second-order valence-corrected chi connectivity index (χ2v) is 8.77. The maximum absolute atomic E-state index is 13.3. The average molecular weight is 486 g/mol. The summed E-state index contributed by atoms with van der Waals surface area (Å²) in [6, 6.07) is 11.2. The smallest absolute Gasteiger partial charge is 0.246 e. The molecule has 31 heavy (non-hydrogen) atoms. The van der Waals surface area contributed by atoms with Crippen molar-refractivity contribution in [3.63, 3.8) is 0 Å². The summed E-state index contributed by atoms with van der Waals surface area (Å²) in [5.41, 5.74) is 2.48. The number of methoxy groups -OCH3 is 1. The summed E-state index contributed by atoms with van der Waals surface area (Å²) in [5.74, 6) is 0.215. The van der Waals surface area contributed by atoms with Gasteiger partial charge in [-0.3, -0.25) is 9.59 Å². The van der Waals surface area contributed by atoms with E-state index in [0.29, 0.717) is 35.4 Å². The van der Waals surface area contributed by atoms with Gasteiger partial charge in [0, 0.05) is 24.5 Å². The van der Waals surface area contributed by atoms with Crippen molar-refractivity contribution in [2.24, 2.45) is 10.9 Å². The lowest BCUT2D eigenvalue weighted by Gasteiger charge is -2.36. The topological polar surface area (TPSA) is 85.2 Å². The number of hydrogen-bond donors (Lipinski definition) is 1. The molecule has 6 nitrogen and oxygen atoms in total. The highest BCUT2D eigenvalue weighted by molar-refractivity contribution is 9.10. The Labute approximate surface area is 189 Å². The maximum Gasteiger partial charge on any atom is 0.246 e. The maximum atomic E-state index is 13.3. The van der Waals surface area contributed by atoms with Gasteiger partial charge in [0.2, 0.25) is 5.91 Å². The third-order valence-electron chi connectivity index (χ3n) is 6.04. The first-order valence-corrected chi connectivity index (χ1v) is 11.1. The van der Waals surface area contributed by atoms with Gasteiger partial charge in [-0.25, -0.2) is 4.99 Å². The van der Waals surface area contributed by atoms with Crippen LogP contribution in [0.1, 0.15) is 49.1 Å². The Morgan fingerprint density at radius 3 is 2.52 bits per heavy atom. The zero-order valence-electron chi connectivity index (χ0n) is 17.4. The second kappa shape index (κ2) is 8.83. The van der Waals surface area contributed by atoms with Crippen LogP contribution in [0.2, 0.25) is 0 Å². The van der Waals surface area contributed by atoms with E-state index in [0.717, 1.165) is 16.9 Å². The van der Waals surface area contributed by atoms with Gasteiger partial charge in [-0.1, -0.05) is 12.1 Å². The number of ether oxygens (including phenoxy) is 2. The molecule has 0 radical (unpaired) electrons. The van der Waals surface area contributed by atoms with Gasteiger partial charge in [-0.05, 0) is 70.6 Å². The number of carbonyl (C=O) groups excluding carboxylic acids is 2. The van der Waals surface area contributed by atoms with Crippen LogP contribution in [0.4, 0.5) is 0 Å². The lowest BCUT2D eigenvalue weighted by atomic mass is 9.67. The molecular weight excluding hydrogens is 462 g/mol. The van der Waals surface area contributed by atoms with E-state index in [4.69, 9.17) is 9.47 Å². The Morgan fingerprint density at radius 2 is 1.84 bits per heavy atom. The molecule has 162 valence electrons. The van der Waals surface area contributed by atoms with Crippen molar-refractivity contribution in [3.8, 4) is 17.2 Å². The van der Waals surface area contributed by atoms with Crippen LogP contribution in [0.15, 0.2) is 45.9 Å². The molecule has 1 fully saturated rings. The highest BCUT2D eigenvalue weighted by atomic mass is 79.9. The van der Waals surface area contributed by atoms with Crippen LogP contribution in [0.5, 0.6) is 17.2 Å². The van der Waals surface area contributed by atoms with Crippen LogP contribution < -0.4 is 9.47 Å². The zero-order valence-corrected chi connectivity index (χ0v) is 19.0. The lowest BCUT2D eigenvalue weighted by molar-refractivity contribution is -0.124. The molecule has 2 aromatic carbocycles. The van der Waals surface area contributed by atoms with E-state index >= 15 is 0 Å². The van der Waals surface area contributed by atoms with E-state index < -0.39 is 5.92 Å². The molecule has 3 atom stereocenters. The number of Topliss-reactive ketones (excluding diaryl/α,β-unsaturated/α-hetero) is 1. The lowest BCUT2D eigenvalue weighted by Crippen LogP contribution is -2.40. The normalized spacial score (nSPS) is 23.2. The molecule has 0 bridgehead atoms. The third kappa shape index (κ3) is 4.24. The Balaban J connectivity index is 1.66. The van der Waals surface area contributed by atoms with Crippen LogP contribution in [0.25, 0.3) is 0 Å². The van der Waals surface area contributed by atoms with Crippen LogP contribution >= 0.6 is 15.9 Å².